The fourth-order valence-electron chi connectivity index (χ4n) is 1.78. The fraction of sp³-hybridized carbons (Fsp3) is 0. The van der Waals surface area contributed by atoms with E-state index < -0.39 is 11.6 Å². The van der Waals surface area contributed by atoms with Crippen LogP contribution in [-0.2, 0) is 0 Å². The Kier molecular flexibility index (Phi) is 3.20. The molecular weight excluding hydrogens is 286 g/mol. The Bertz CT molecular complexity index is 773. The van der Waals surface area contributed by atoms with Gasteiger partial charge in [-0.05, 0) is 18.2 Å². The molecule has 0 bridgehead atoms. The van der Waals surface area contributed by atoms with Gasteiger partial charge in [-0.15, -0.1) is 0 Å². The first kappa shape index (κ1) is 12.7. The highest BCUT2D eigenvalue weighted by Gasteiger charge is 2.13. The summed E-state index contributed by atoms with van der Waals surface area (Å²) in [6.07, 6.45) is 3.06. The molecule has 0 N–H and O–H groups in total. The number of nitrogens with zero attached hydrogens (tertiary/aromatic N) is 2. The van der Waals surface area contributed by atoms with Gasteiger partial charge in [0, 0.05) is 30.1 Å². The minimum atomic E-state index is -0.711. The molecule has 0 unspecified atom stereocenters. The Morgan fingerprint density at radius 1 is 1.05 bits per heavy atom. The Morgan fingerprint density at radius 3 is 2.65 bits per heavy atom. The van der Waals surface area contributed by atoms with Crippen LogP contribution in [0.5, 0.6) is 0 Å². The monoisotopic (exact) mass is 292 g/mol. The van der Waals surface area contributed by atoms with Crippen LogP contribution in [0.3, 0.4) is 0 Å². The summed E-state index contributed by atoms with van der Waals surface area (Å²) < 4.78 is 31.6. The number of rotatable bonds is 2. The highest BCUT2D eigenvalue weighted by atomic mass is 35.5. The lowest BCUT2D eigenvalue weighted by Gasteiger charge is -1.97. The van der Waals surface area contributed by atoms with E-state index >= 15 is 0 Å². The van der Waals surface area contributed by atoms with Gasteiger partial charge in [0.15, 0.2) is 5.76 Å². The number of aromatic nitrogens is 2. The van der Waals surface area contributed by atoms with E-state index in [2.05, 4.69) is 10.1 Å². The average Bonchev–Trinajstić information content (AvgIpc) is 2.88. The normalized spacial score (nSPS) is 10.8. The summed E-state index contributed by atoms with van der Waals surface area (Å²) in [7, 11) is 0. The largest absolute Gasteiger partial charge is 0.356 e. The molecule has 6 heteroatoms. The van der Waals surface area contributed by atoms with Crippen molar-refractivity contribution in [2.45, 2.75) is 0 Å². The van der Waals surface area contributed by atoms with E-state index in [0.717, 1.165) is 12.1 Å². The van der Waals surface area contributed by atoms with E-state index in [1.807, 2.05) is 0 Å². The molecule has 2 aromatic heterocycles. The van der Waals surface area contributed by atoms with Crippen molar-refractivity contribution >= 4 is 11.6 Å². The molecule has 20 heavy (non-hydrogen) atoms. The number of hydrogen-bond acceptors (Lipinski definition) is 3. The van der Waals surface area contributed by atoms with Gasteiger partial charge in [0.25, 0.3) is 0 Å². The van der Waals surface area contributed by atoms with Gasteiger partial charge in [0.1, 0.15) is 17.3 Å². The van der Waals surface area contributed by atoms with E-state index in [0.29, 0.717) is 16.3 Å². The van der Waals surface area contributed by atoms with Crippen molar-refractivity contribution in [1.82, 2.24) is 10.1 Å². The molecule has 0 aliphatic rings. The second-order valence-electron chi connectivity index (χ2n) is 4.09. The molecule has 0 aliphatic heterocycles. The molecule has 3 nitrogen and oxygen atoms in total. The van der Waals surface area contributed by atoms with Gasteiger partial charge in [-0.1, -0.05) is 16.8 Å². The molecule has 100 valence electrons. The Balaban J connectivity index is 2.02. The number of pyridine rings is 1. The van der Waals surface area contributed by atoms with Gasteiger partial charge in [0.05, 0.1) is 10.6 Å². The summed E-state index contributed by atoms with van der Waals surface area (Å²) >= 11 is 5.84. The lowest BCUT2D eigenvalue weighted by Crippen LogP contribution is -1.84. The molecule has 0 spiro atoms. The Labute approximate surface area is 117 Å². The lowest BCUT2D eigenvalue weighted by molar-refractivity contribution is 0.432. The predicted molar refractivity (Wildman–Crippen MR) is 70.1 cm³/mol. The summed E-state index contributed by atoms with van der Waals surface area (Å²) in [5.41, 5.74) is 1.26. The molecule has 0 atom stereocenters. The molecule has 0 fully saturated rings. The Hall–Kier alpha value is -2.27. The molecule has 0 radical (unpaired) electrons. The molecule has 0 aliphatic carbocycles. The summed E-state index contributed by atoms with van der Waals surface area (Å²) in [4.78, 5) is 3.93. The SMILES string of the molecule is Fc1ccc(-c2cc(-c3cncc(Cl)c3)no2)c(F)c1. The maximum absolute atomic E-state index is 13.7. The third-order valence-electron chi connectivity index (χ3n) is 2.71. The van der Waals surface area contributed by atoms with Gasteiger partial charge in [-0.2, -0.15) is 0 Å². The third kappa shape index (κ3) is 2.40. The van der Waals surface area contributed by atoms with Gasteiger partial charge in [0.2, 0.25) is 0 Å². The van der Waals surface area contributed by atoms with E-state index in [4.69, 9.17) is 16.1 Å². The summed E-state index contributed by atoms with van der Waals surface area (Å²) in [6.45, 7) is 0. The molecule has 0 saturated heterocycles. The van der Waals surface area contributed by atoms with E-state index in [1.165, 1.54) is 12.3 Å². The molecule has 0 saturated carbocycles. The van der Waals surface area contributed by atoms with Gasteiger partial charge >= 0.3 is 0 Å². The van der Waals surface area contributed by atoms with Crippen LogP contribution in [0, 0.1) is 11.6 Å². The van der Waals surface area contributed by atoms with Crippen molar-refractivity contribution < 1.29 is 13.3 Å². The fourth-order valence-corrected chi connectivity index (χ4v) is 1.95. The second-order valence-corrected chi connectivity index (χ2v) is 4.53. The Morgan fingerprint density at radius 2 is 1.90 bits per heavy atom. The minimum absolute atomic E-state index is 0.139. The van der Waals surface area contributed by atoms with Crippen LogP contribution in [0.25, 0.3) is 22.6 Å². The lowest BCUT2D eigenvalue weighted by atomic mass is 10.1. The van der Waals surface area contributed by atoms with Crippen molar-refractivity contribution in [3.8, 4) is 22.6 Å². The van der Waals surface area contributed by atoms with Crippen molar-refractivity contribution in [2.24, 2.45) is 0 Å². The van der Waals surface area contributed by atoms with Crippen molar-refractivity contribution in [3.63, 3.8) is 0 Å². The van der Waals surface area contributed by atoms with Crippen LogP contribution < -0.4 is 0 Å². The third-order valence-corrected chi connectivity index (χ3v) is 2.91. The first-order chi connectivity index (χ1) is 9.63. The number of halogens is 3. The van der Waals surface area contributed by atoms with Crippen LogP contribution in [0.15, 0.2) is 47.2 Å². The van der Waals surface area contributed by atoms with Crippen LogP contribution in [0.4, 0.5) is 8.78 Å². The second kappa shape index (κ2) is 5.02. The van der Waals surface area contributed by atoms with E-state index in [9.17, 15) is 8.78 Å². The first-order valence-electron chi connectivity index (χ1n) is 5.66. The molecular formula is C14H7ClF2N2O. The molecule has 1 aromatic carbocycles. The predicted octanol–water partition coefficient (Wildman–Crippen LogP) is 4.34. The van der Waals surface area contributed by atoms with Crippen molar-refractivity contribution in [3.05, 3.63) is 59.4 Å². The standard InChI is InChI=1S/C14H7ClF2N2O/c15-9-3-8(6-18-7-9)13-5-14(20-19-13)11-2-1-10(16)4-12(11)17/h1-7H. The highest BCUT2D eigenvalue weighted by Crippen LogP contribution is 2.28. The summed E-state index contributed by atoms with van der Waals surface area (Å²) in [6, 6.07) is 6.45. The smallest absolute Gasteiger partial charge is 0.170 e. The summed E-state index contributed by atoms with van der Waals surface area (Å²) in [5.74, 6) is -1.15. The van der Waals surface area contributed by atoms with Crippen LogP contribution >= 0.6 is 11.6 Å². The van der Waals surface area contributed by atoms with Gasteiger partial charge in [-0.3, -0.25) is 4.98 Å². The van der Waals surface area contributed by atoms with Crippen molar-refractivity contribution in [2.75, 3.05) is 0 Å². The quantitative estimate of drug-likeness (QED) is 0.705. The molecule has 0 amide bonds. The van der Waals surface area contributed by atoms with Crippen LogP contribution in [-0.4, -0.2) is 10.1 Å². The maximum Gasteiger partial charge on any atom is 0.170 e. The van der Waals surface area contributed by atoms with Gasteiger partial charge < -0.3 is 4.52 Å². The molecule has 3 aromatic rings. The number of hydrogen-bond donors (Lipinski definition) is 0. The highest BCUT2D eigenvalue weighted by molar-refractivity contribution is 6.30. The van der Waals surface area contributed by atoms with E-state index in [1.54, 1.807) is 18.3 Å². The van der Waals surface area contributed by atoms with Gasteiger partial charge in [-0.25, -0.2) is 8.78 Å². The zero-order valence-corrected chi connectivity index (χ0v) is 10.7. The minimum Gasteiger partial charge on any atom is -0.356 e. The first-order valence-corrected chi connectivity index (χ1v) is 6.04. The maximum atomic E-state index is 13.7. The summed E-state index contributed by atoms with van der Waals surface area (Å²) in [5, 5.41) is 4.29. The zero-order valence-electron chi connectivity index (χ0n) is 9.98. The zero-order chi connectivity index (χ0) is 14.1. The molecule has 2 heterocycles. The number of benzene rings is 1. The topological polar surface area (TPSA) is 38.9 Å². The van der Waals surface area contributed by atoms with E-state index in [-0.39, 0.29) is 11.3 Å². The van der Waals surface area contributed by atoms with Crippen LogP contribution in [0.1, 0.15) is 0 Å². The van der Waals surface area contributed by atoms with Crippen LogP contribution in [0.2, 0.25) is 5.02 Å². The van der Waals surface area contributed by atoms with Crippen molar-refractivity contribution in [1.29, 1.82) is 0 Å². The average molecular weight is 293 g/mol. The molecule has 3 rings (SSSR count).